The van der Waals surface area contributed by atoms with Crippen molar-refractivity contribution in [2.45, 2.75) is 6.92 Å². The largest absolute Gasteiger partial charge is 0.507 e. The van der Waals surface area contributed by atoms with Crippen molar-refractivity contribution >= 4 is 38.8 Å². The van der Waals surface area contributed by atoms with Gasteiger partial charge in [-0.05, 0) is 42.0 Å². The van der Waals surface area contributed by atoms with Gasteiger partial charge in [0.15, 0.2) is 0 Å². The average molecular weight is 413 g/mol. The third-order valence-electron chi connectivity index (χ3n) is 3.79. The maximum absolute atomic E-state index is 12.4. The number of nitrogens with one attached hydrogen (secondary N) is 1. The molecule has 0 aliphatic rings. The third kappa shape index (κ3) is 3.86. The number of hydrogen-bond acceptors (Lipinski definition) is 4. The summed E-state index contributed by atoms with van der Waals surface area (Å²) in [5.74, 6) is 0.182. The molecule has 0 fully saturated rings. The zero-order valence-electron chi connectivity index (χ0n) is 14.1. The molecule has 1 amide bonds. The molecule has 0 spiro atoms. The van der Waals surface area contributed by atoms with Crippen molar-refractivity contribution in [3.05, 3.63) is 70.2 Å². The molecule has 0 heterocycles. The predicted molar refractivity (Wildman–Crippen MR) is 106 cm³/mol. The number of nitrogens with zero attached hydrogens (tertiary/aromatic N) is 1. The van der Waals surface area contributed by atoms with E-state index in [1.165, 1.54) is 6.21 Å². The normalized spacial score (nSPS) is 11.0. The number of benzene rings is 3. The molecule has 2 N–H and O–H groups in total. The number of ether oxygens (including phenoxy) is 1. The summed E-state index contributed by atoms with van der Waals surface area (Å²) in [5.41, 5.74) is 3.40. The van der Waals surface area contributed by atoms with Crippen LogP contribution >= 0.6 is 15.9 Å². The Balaban J connectivity index is 1.85. The Bertz CT molecular complexity index is 986. The molecule has 3 aromatic rings. The molecule has 3 aromatic carbocycles. The summed E-state index contributed by atoms with van der Waals surface area (Å²) in [6, 6.07) is 16.3. The van der Waals surface area contributed by atoms with Crippen molar-refractivity contribution in [3.63, 3.8) is 0 Å². The zero-order valence-corrected chi connectivity index (χ0v) is 15.7. The number of phenolic OH excluding ortho intramolecular Hbond substituents is 1. The first kappa shape index (κ1) is 17.9. The smallest absolute Gasteiger partial charge is 0.275 e. The highest BCUT2D eigenvalue weighted by Crippen LogP contribution is 2.26. The Kier molecular flexibility index (Phi) is 5.53. The molecule has 6 heteroatoms. The second-order valence-electron chi connectivity index (χ2n) is 5.49. The van der Waals surface area contributed by atoms with E-state index in [4.69, 9.17) is 4.74 Å². The van der Waals surface area contributed by atoms with E-state index in [-0.39, 0.29) is 5.75 Å². The minimum absolute atomic E-state index is 0.0964. The van der Waals surface area contributed by atoms with Gasteiger partial charge in [-0.2, -0.15) is 5.10 Å². The summed E-state index contributed by atoms with van der Waals surface area (Å²) in [6.07, 6.45) is 1.44. The van der Waals surface area contributed by atoms with Gasteiger partial charge in [-0.3, -0.25) is 4.79 Å². The first-order valence-corrected chi connectivity index (χ1v) is 8.86. The molecule has 0 saturated heterocycles. The fourth-order valence-corrected chi connectivity index (χ4v) is 2.96. The van der Waals surface area contributed by atoms with E-state index < -0.39 is 5.91 Å². The summed E-state index contributed by atoms with van der Waals surface area (Å²) >= 11 is 3.35. The Labute approximate surface area is 159 Å². The van der Waals surface area contributed by atoms with Gasteiger partial charge in [0.05, 0.1) is 18.4 Å². The monoisotopic (exact) mass is 412 g/mol. The topological polar surface area (TPSA) is 70.9 Å². The zero-order chi connectivity index (χ0) is 18.5. The highest BCUT2D eigenvalue weighted by molar-refractivity contribution is 9.10. The quantitative estimate of drug-likeness (QED) is 0.479. The number of rotatable bonds is 5. The molecule has 5 nitrogen and oxygen atoms in total. The fourth-order valence-electron chi connectivity index (χ4n) is 2.60. The lowest BCUT2D eigenvalue weighted by atomic mass is 10.0. The van der Waals surface area contributed by atoms with E-state index in [0.29, 0.717) is 23.5 Å². The van der Waals surface area contributed by atoms with Crippen molar-refractivity contribution in [3.8, 4) is 11.5 Å². The molecule has 0 unspecified atom stereocenters. The molecule has 26 heavy (non-hydrogen) atoms. The Hall–Kier alpha value is -2.86. The van der Waals surface area contributed by atoms with Crippen molar-refractivity contribution in [2.75, 3.05) is 6.61 Å². The first-order valence-electron chi connectivity index (χ1n) is 8.06. The second-order valence-corrected chi connectivity index (χ2v) is 6.41. The van der Waals surface area contributed by atoms with Crippen molar-refractivity contribution in [1.82, 2.24) is 5.43 Å². The van der Waals surface area contributed by atoms with Gasteiger partial charge >= 0.3 is 0 Å². The lowest BCUT2D eigenvalue weighted by Gasteiger charge is -2.09. The van der Waals surface area contributed by atoms with Crippen LogP contribution in [0.15, 0.2) is 64.2 Å². The molecule has 132 valence electrons. The van der Waals surface area contributed by atoms with Crippen LogP contribution in [0.3, 0.4) is 0 Å². The minimum Gasteiger partial charge on any atom is -0.507 e. The number of phenols is 1. The van der Waals surface area contributed by atoms with Gasteiger partial charge in [0.1, 0.15) is 11.5 Å². The van der Waals surface area contributed by atoms with E-state index in [0.717, 1.165) is 15.2 Å². The molecule has 0 bridgehead atoms. The predicted octanol–water partition coefficient (Wildman–Crippen LogP) is 4.47. The Morgan fingerprint density at radius 3 is 2.85 bits per heavy atom. The molecular formula is C20H17BrN2O3. The molecule has 0 aliphatic heterocycles. The Morgan fingerprint density at radius 1 is 1.23 bits per heavy atom. The van der Waals surface area contributed by atoms with Crippen LogP contribution < -0.4 is 10.2 Å². The molecule has 0 aliphatic carbocycles. The number of hydrogen-bond donors (Lipinski definition) is 2. The fraction of sp³-hybridized carbons (Fsp3) is 0.100. The second kappa shape index (κ2) is 8.01. The number of carbonyl (C=O) groups is 1. The maximum Gasteiger partial charge on any atom is 0.275 e. The van der Waals surface area contributed by atoms with Gasteiger partial charge in [0.2, 0.25) is 0 Å². The third-order valence-corrected chi connectivity index (χ3v) is 4.29. The van der Waals surface area contributed by atoms with Gasteiger partial charge in [0.25, 0.3) is 5.91 Å². The molecular weight excluding hydrogens is 396 g/mol. The minimum atomic E-state index is -0.397. The number of halogens is 1. The van der Waals surface area contributed by atoms with Crippen molar-refractivity contribution < 1.29 is 14.6 Å². The van der Waals surface area contributed by atoms with E-state index in [2.05, 4.69) is 26.5 Å². The molecule has 0 atom stereocenters. The van der Waals surface area contributed by atoms with Crippen LogP contribution in [0.2, 0.25) is 0 Å². The highest BCUT2D eigenvalue weighted by Gasteiger charge is 2.13. The average Bonchev–Trinajstić information content (AvgIpc) is 2.65. The standard InChI is InChI=1S/C20H17BrN2O3/c1-2-26-19-10-8-14(21)11-16(19)20(25)23-22-12-17-15-6-4-3-5-13(15)7-9-18(17)24/h3-12,24H,2H2,1H3,(H,23,25)/b22-12+. The van der Waals surface area contributed by atoms with Crippen molar-refractivity contribution in [1.29, 1.82) is 0 Å². The van der Waals surface area contributed by atoms with Gasteiger partial charge < -0.3 is 9.84 Å². The Morgan fingerprint density at radius 2 is 2.04 bits per heavy atom. The summed E-state index contributed by atoms with van der Waals surface area (Å²) in [7, 11) is 0. The van der Waals surface area contributed by atoms with E-state index in [9.17, 15) is 9.90 Å². The van der Waals surface area contributed by atoms with Crippen LogP contribution in [0, 0.1) is 0 Å². The molecule has 0 radical (unpaired) electrons. The van der Waals surface area contributed by atoms with Crippen LogP contribution in [0.1, 0.15) is 22.8 Å². The van der Waals surface area contributed by atoms with E-state index in [1.54, 1.807) is 24.3 Å². The number of carbonyl (C=O) groups excluding carboxylic acids is 1. The summed E-state index contributed by atoms with van der Waals surface area (Å²) in [6.45, 7) is 2.31. The number of aromatic hydroxyl groups is 1. The number of hydrazone groups is 1. The molecule has 3 rings (SSSR count). The van der Waals surface area contributed by atoms with Gasteiger partial charge in [-0.1, -0.05) is 46.3 Å². The van der Waals surface area contributed by atoms with E-state index >= 15 is 0 Å². The van der Waals surface area contributed by atoms with Gasteiger partial charge in [-0.15, -0.1) is 0 Å². The SMILES string of the molecule is CCOc1ccc(Br)cc1C(=O)N/N=C/c1c(O)ccc2ccccc12. The lowest BCUT2D eigenvalue weighted by molar-refractivity contribution is 0.0951. The maximum atomic E-state index is 12.4. The van der Waals surface area contributed by atoms with Crippen LogP contribution in [-0.4, -0.2) is 23.8 Å². The number of fused-ring (bicyclic) bond motifs is 1. The highest BCUT2D eigenvalue weighted by atomic mass is 79.9. The van der Waals surface area contributed by atoms with Crippen LogP contribution in [-0.2, 0) is 0 Å². The van der Waals surface area contributed by atoms with Gasteiger partial charge in [-0.25, -0.2) is 5.43 Å². The summed E-state index contributed by atoms with van der Waals surface area (Å²) < 4.78 is 6.25. The molecule has 0 saturated carbocycles. The first-order chi connectivity index (χ1) is 12.6. The molecule has 0 aromatic heterocycles. The summed E-state index contributed by atoms with van der Waals surface area (Å²) in [5, 5.41) is 15.9. The van der Waals surface area contributed by atoms with Crippen LogP contribution in [0.25, 0.3) is 10.8 Å². The number of amides is 1. The summed E-state index contributed by atoms with van der Waals surface area (Å²) in [4.78, 5) is 12.4. The van der Waals surface area contributed by atoms with E-state index in [1.807, 2.05) is 37.3 Å². The van der Waals surface area contributed by atoms with Crippen molar-refractivity contribution in [2.24, 2.45) is 5.10 Å². The lowest BCUT2D eigenvalue weighted by Crippen LogP contribution is -2.19. The van der Waals surface area contributed by atoms with Crippen LogP contribution in [0.4, 0.5) is 0 Å². The van der Waals surface area contributed by atoms with Crippen LogP contribution in [0.5, 0.6) is 11.5 Å². The van der Waals surface area contributed by atoms with Gasteiger partial charge in [0, 0.05) is 10.0 Å².